The van der Waals surface area contributed by atoms with Crippen molar-refractivity contribution in [3.63, 3.8) is 0 Å². The highest BCUT2D eigenvalue weighted by Crippen LogP contribution is 2.18. The van der Waals surface area contributed by atoms with Gasteiger partial charge in [-0.05, 0) is 24.9 Å². The lowest BCUT2D eigenvalue weighted by atomic mass is 10.2. The maximum atomic E-state index is 5.74. The lowest BCUT2D eigenvalue weighted by Gasteiger charge is -2.22. The van der Waals surface area contributed by atoms with E-state index >= 15 is 0 Å². The molecule has 1 saturated heterocycles. The van der Waals surface area contributed by atoms with Crippen LogP contribution < -0.4 is 5.73 Å². The average Bonchev–Trinajstić information content (AvgIpc) is 2.67. The van der Waals surface area contributed by atoms with Crippen LogP contribution >= 0.6 is 12.4 Å². The molecule has 0 aromatic heterocycles. The van der Waals surface area contributed by atoms with Crippen LogP contribution in [0.25, 0.3) is 0 Å². The minimum atomic E-state index is 0. The first-order valence-corrected chi connectivity index (χ1v) is 5.38. The molecule has 0 amide bonds. The molecule has 84 valence electrons. The van der Waals surface area contributed by atoms with Crippen molar-refractivity contribution in [2.45, 2.75) is 25.4 Å². The Kier molecular flexibility index (Phi) is 5.09. The second-order valence-electron chi connectivity index (χ2n) is 3.99. The van der Waals surface area contributed by atoms with E-state index in [4.69, 9.17) is 5.73 Å². The number of nitrogens with zero attached hydrogens (tertiary/aromatic N) is 1. The number of nitrogens with two attached hydrogens (primary N) is 1. The van der Waals surface area contributed by atoms with Gasteiger partial charge in [-0.3, -0.25) is 4.90 Å². The van der Waals surface area contributed by atoms with Crippen LogP contribution in [0.3, 0.4) is 0 Å². The predicted octanol–water partition coefficient (Wildman–Crippen LogP) is 2.03. The number of hydrogen-bond acceptors (Lipinski definition) is 2. The van der Waals surface area contributed by atoms with Gasteiger partial charge in [0.15, 0.2) is 0 Å². The van der Waals surface area contributed by atoms with Gasteiger partial charge in [0.1, 0.15) is 0 Å². The van der Waals surface area contributed by atoms with Crippen molar-refractivity contribution < 1.29 is 0 Å². The molecule has 15 heavy (non-hydrogen) atoms. The summed E-state index contributed by atoms with van der Waals surface area (Å²) in [5.74, 6) is 0. The SMILES string of the molecule is Cl.NC[C@@H]1CCCN1Cc1ccccc1. The standard InChI is InChI=1S/C12H18N2.ClH/c13-9-12-7-4-8-14(12)10-11-5-2-1-3-6-11;/h1-3,5-6,12H,4,7-10,13H2;1H/t12-;/m0./s1. The van der Waals surface area contributed by atoms with Crippen molar-refractivity contribution in [1.29, 1.82) is 0 Å². The van der Waals surface area contributed by atoms with Crippen molar-refractivity contribution in [2.75, 3.05) is 13.1 Å². The lowest BCUT2D eigenvalue weighted by Crippen LogP contribution is -2.34. The summed E-state index contributed by atoms with van der Waals surface area (Å²) in [6.07, 6.45) is 2.57. The summed E-state index contributed by atoms with van der Waals surface area (Å²) < 4.78 is 0. The van der Waals surface area contributed by atoms with Gasteiger partial charge >= 0.3 is 0 Å². The van der Waals surface area contributed by atoms with E-state index in [1.165, 1.54) is 24.9 Å². The molecular weight excluding hydrogens is 208 g/mol. The zero-order valence-electron chi connectivity index (χ0n) is 8.93. The molecule has 0 bridgehead atoms. The first-order valence-electron chi connectivity index (χ1n) is 5.38. The molecule has 1 atom stereocenters. The fourth-order valence-electron chi connectivity index (χ4n) is 2.19. The summed E-state index contributed by atoms with van der Waals surface area (Å²) in [5.41, 5.74) is 7.13. The maximum absolute atomic E-state index is 5.74. The molecule has 0 unspecified atom stereocenters. The van der Waals surface area contributed by atoms with Crippen molar-refractivity contribution in [1.82, 2.24) is 4.90 Å². The summed E-state index contributed by atoms with van der Waals surface area (Å²) in [5, 5.41) is 0. The van der Waals surface area contributed by atoms with Crippen LogP contribution in [0.5, 0.6) is 0 Å². The van der Waals surface area contributed by atoms with Crippen LogP contribution in [-0.4, -0.2) is 24.0 Å². The summed E-state index contributed by atoms with van der Waals surface area (Å²) >= 11 is 0. The van der Waals surface area contributed by atoms with E-state index in [0.717, 1.165) is 13.1 Å². The molecule has 2 nitrogen and oxygen atoms in total. The van der Waals surface area contributed by atoms with Crippen molar-refractivity contribution in [2.24, 2.45) is 5.73 Å². The second-order valence-corrected chi connectivity index (χ2v) is 3.99. The second kappa shape index (κ2) is 6.11. The van der Waals surface area contributed by atoms with Crippen LogP contribution in [0.4, 0.5) is 0 Å². The van der Waals surface area contributed by atoms with Crippen molar-refractivity contribution in [3.05, 3.63) is 35.9 Å². The van der Waals surface area contributed by atoms with Crippen molar-refractivity contribution >= 4 is 12.4 Å². The summed E-state index contributed by atoms with van der Waals surface area (Å²) in [4.78, 5) is 2.50. The zero-order chi connectivity index (χ0) is 9.80. The van der Waals surface area contributed by atoms with Gasteiger partial charge in [-0.2, -0.15) is 0 Å². The highest BCUT2D eigenvalue weighted by Gasteiger charge is 2.22. The Labute approximate surface area is 97.9 Å². The number of rotatable bonds is 3. The quantitative estimate of drug-likeness (QED) is 0.855. The Balaban J connectivity index is 0.00000112. The summed E-state index contributed by atoms with van der Waals surface area (Å²) in [6, 6.07) is 11.2. The van der Waals surface area contributed by atoms with Gasteiger partial charge in [0.2, 0.25) is 0 Å². The zero-order valence-corrected chi connectivity index (χ0v) is 9.75. The molecule has 1 heterocycles. The number of benzene rings is 1. The first kappa shape index (κ1) is 12.5. The Morgan fingerprint density at radius 1 is 1.27 bits per heavy atom. The molecule has 0 radical (unpaired) electrons. The lowest BCUT2D eigenvalue weighted by molar-refractivity contribution is 0.250. The molecule has 2 N–H and O–H groups in total. The Bertz CT molecular complexity index is 276. The molecule has 2 rings (SSSR count). The van der Waals surface area contributed by atoms with Gasteiger partial charge in [-0.15, -0.1) is 12.4 Å². The first-order chi connectivity index (χ1) is 6.90. The van der Waals surface area contributed by atoms with Gasteiger partial charge in [0.05, 0.1) is 0 Å². The Morgan fingerprint density at radius 2 is 2.00 bits per heavy atom. The monoisotopic (exact) mass is 226 g/mol. The summed E-state index contributed by atoms with van der Waals surface area (Å²) in [6.45, 7) is 3.06. The van der Waals surface area contributed by atoms with Gasteiger partial charge < -0.3 is 5.73 Å². The third kappa shape index (κ3) is 3.20. The maximum Gasteiger partial charge on any atom is 0.0237 e. The normalized spacial score (nSPS) is 21.3. The van der Waals surface area contributed by atoms with Crippen LogP contribution in [0.1, 0.15) is 18.4 Å². The third-order valence-corrected chi connectivity index (χ3v) is 3.00. The molecule has 0 aliphatic carbocycles. The number of hydrogen-bond donors (Lipinski definition) is 1. The van der Waals surface area contributed by atoms with Gasteiger partial charge in [-0.25, -0.2) is 0 Å². The smallest absolute Gasteiger partial charge is 0.0237 e. The molecule has 1 aliphatic heterocycles. The third-order valence-electron chi connectivity index (χ3n) is 3.00. The number of halogens is 1. The van der Waals surface area contributed by atoms with Gasteiger partial charge in [0, 0.05) is 19.1 Å². The molecule has 1 fully saturated rings. The molecular formula is C12H19ClN2. The minimum Gasteiger partial charge on any atom is -0.329 e. The number of likely N-dealkylation sites (tertiary alicyclic amines) is 1. The Morgan fingerprint density at radius 3 is 2.67 bits per heavy atom. The molecule has 0 spiro atoms. The molecule has 1 aliphatic rings. The van der Waals surface area contributed by atoms with Crippen LogP contribution in [0.15, 0.2) is 30.3 Å². The molecule has 0 saturated carbocycles. The topological polar surface area (TPSA) is 29.3 Å². The van der Waals surface area contributed by atoms with E-state index in [1.54, 1.807) is 0 Å². The summed E-state index contributed by atoms with van der Waals surface area (Å²) in [7, 11) is 0. The van der Waals surface area contributed by atoms with E-state index < -0.39 is 0 Å². The van der Waals surface area contributed by atoms with Crippen molar-refractivity contribution in [3.8, 4) is 0 Å². The average molecular weight is 227 g/mol. The van der Waals surface area contributed by atoms with E-state index in [9.17, 15) is 0 Å². The molecule has 1 aromatic rings. The molecule has 1 aromatic carbocycles. The fraction of sp³-hybridized carbons (Fsp3) is 0.500. The highest BCUT2D eigenvalue weighted by molar-refractivity contribution is 5.85. The molecule has 3 heteroatoms. The predicted molar refractivity (Wildman–Crippen MR) is 66.2 cm³/mol. The van der Waals surface area contributed by atoms with Gasteiger partial charge in [0.25, 0.3) is 0 Å². The van der Waals surface area contributed by atoms with Crippen LogP contribution in [0.2, 0.25) is 0 Å². The van der Waals surface area contributed by atoms with Gasteiger partial charge in [-0.1, -0.05) is 30.3 Å². The van der Waals surface area contributed by atoms with E-state index in [0.29, 0.717) is 6.04 Å². The van der Waals surface area contributed by atoms with E-state index in [1.807, 2.05) is 0 Å². The van der Waals surface area contributed by atoms with E-state index in [-0.39, 0.29) is 12.4 Å². The largest absolute Gasteiger partial charge is 0.329 e. The Hall–Kier alpha value is -0.570. The van der Waals surface area contributed by atoms with Crippen LogP contribution in [-0.2, 0) is 6.54 Å². The fourth-order valence-corrected chi connectivity index (χ4v) is 2.19. The highest BCUT2D eigenvalue weighted by atomic mass is 35.5. The van der Waals surface area contributed by atoms with E-state index in [2.05, 4.69) is 35.2 Å². The van der Waals surface area contributed by atoms with Crippen LogP contribution in [0, 0.1) is 0 Å². The minimum absolute atomic E-state index is 0.